The highest BCUT2D eigenvalue weighted by Crippen LogP contribution is 2.43. The van der Waals surface area contributed by atoms with Gasteiger partial charge in [-0.1, -0.05) is 0 Å². The Balaban J connectivity index is 1.82. The molecule has 0 radical (unpaired) electrons. The first-order valence-corrected chi connectivity index (χ1v) is 9.50. The highest BCUT2D eigenvalue weighted by Gasteiger charge is 2.43. The van der Waals surface area contributed by atoms with E-state index in [4.69, 9.17) is 13.9 Å². The van der Waals surface area contributed by atoms with Crippen LogP contribution in [0.5, 0.6) is 28.7 Å². The van der Waals surface area contributed by atoms with Crippen molar-refractivity contribution in [2.45, 2.75) is 37.6 Å². The van der Waals surface area contributed by atoms with Crippen LogP contribution in [-0.4, -0.2) is 66.5 Å². The van der Waals surface area contributed by atoms with Crippen LogP contribution in [-0.2, 0) is 4.74 Å². The lowest BCUT2D eigenvalue weighted by Gasteiger charge is -2.39. The fourth-order valence-electron chi connectivity index (χ4n) is 3.42. The molecular formula is C21H20O11. The average molecular weight is 448 g/mol. The molecule has 1 saturated heterocycles. The van der Waals surface area contributed by atoms with Gasteiger partial charge in [-0.15, -0.1) is 0 Å². The molecule has 0 aliphatic carbocycles. The maximum Gasteiger partial charge on any atom is 0.229 e. The SMILES string of the molecule is CC1OC(Oc2c(O)c(O)cc3oc(-c4ccc(O)c(O)c4)cc(=O)c23)C(O)C(O)C1O. The van der Waals surface area contributed by atoms with E-state index >= 15 is 0 Å². The molecule has 1 aliphatic heterocycles. The van der Waals surface area contributed by atoms with E-state index in [0.29, 0.717) is 0 Å². The summed E-state index contributed by atoms with van der Waals surface area (Å²) in [5.41, 5.74) is -0.673. The van der Waals surface area contributed by atoms with E-state index in [2.05, 4.69) is 0 Å². The quantitative estimate of drug-likeness (QED) is 0.276. The average Bonchev–Trinajstić information content (AvgIpc) is 2.75. The topological polar surface area (TPSA) is 190 Å². The van der Waals surface area contributed by atoms with Gasteiger partial charge in [-0.05, 0) is 25.1 Å². The predicted octanol–water partition coefficient (Wildman–Crippen LogP) is 0.489. The third-order valence-corrected chi connectivity index (χ3v) is 5.23. The Morgan fingerprint density at radius 2 is 1.59 bits per heavy atom. The van der Waals surface area contributed by atoms with Crippen molar-refractivity contribution in [2.75, 3.05) is 0 Å². The van der Waals surface area contributed by atoms with Crippen molar-refractivity contribution >= 4 is 11.0 Å². The van der Waals surface area contributed by atoms with Gasteiger partial charge in [0.1, 0.15) is 35.0 Å². The van der Waals surface area contributed by atoms with Gasteiger partial charge in [0.15, 0.2) is 28.4 Å². The largest absolute Gasteiger partial charge is 0.504 e. The standard InChI is InChI=1S/C21H20O11/c1-7-16(26)18(28)19(29)21(30-7)32-20-15-11(24)5-13(8-2-3-9(22)10(23)4-8)31-14(15)6-12(25)17(20)27/h2-7,16,18-19,21-23,25-29H,1H3. The van der Waals surface area contributed by atoms with Gasteiger partial charge in [0.05, 0.1) is 6.10 Å². The number of aliphatic hydroxyl groups excluding tert-OH is 3. The molecule has 11 nitrogen and oxygen atoms in total. The molecule has 0 amide bonds. The monoisotopic (exact) mass is 448 g/mol. The summed E-state index contributed by atoms with van der Waals surface area (Å²) >= 11 is 0. The van der Waals surface area contributed by atoms with Crippen molar-refractivity contribution in [1.29, 1.82) is 0 Å². The molecule has 1 aliphatic rings. The van der Waals surface area contributed by atoms with Gasteiger partial charge in [0.25, 0.3) is 0 Å². The Hall–Kier alpha value is -3.51. The van der Waals surface area contributed by atoms with Crippen LogP contribution < -0.4 is 10.2 Å². The molecule has 5 unspecified atom stereocenters. The second-order valence-electron chi connectivity index (χ2n) is 7.42. The maximum absolute atomic E-state index is 12.9. The summed E-state index contributed by atoms with van der Waals surface area (Å²) in [7, 11) is 0. The molecule has 2 aromatic carbocycles. The van der Waals surface area contributed by atoms with Gasteiger partial charge < -0.3 is 49.6 Å². The molecule has 11 heteroatoms. The zero-order valence-corrected chi connectivity index (χ0v) is 16.5. The highest BCUT2D eigenvalue weighted by molar-refractivity contribution is 5.89. The summed E-state index contributed by atoms with van der Waals surface area (Å²) in [6.07, 6.45) is -7.29. The summed E-state index contributed by atoms with van der Waals surface area (Å²) in [5, 5.41) is 69.3. The van der Waals surface area contributed by atoms with E-state index in [1.54, 1.807) is 0 Å². The summed E-state index contributed by atoms with van der Waals surface area (Å²) in [6.45, 7) is 1.42. The smallest absolute Gasteiger partial charge is 0.229 e. The lowest BCUT2D eigenvalue weighted by Crippen LogP contribution is -2.58. The number of aromatic hydroxyl groups is 4. The summed E-state index contributed by atoms with van der Waals surface area (Å²) < 4.78 is 16.4. The van der Waals surface area contributed by atoms with E-state index < -0.39 is 59.1 Å². The molecule has 0 spiro atoms. The van der Waals surface area contributed by atoms with Gasteiger partial charge in [-0.3, -0.25) is 4.79 Å². The number of rotatable bonds is 3. The van der Waals surface area contributed by atoms with Crippen molar-refractivity contribution in [3.63, 3.8) is 0 Å². The fraction of sp³-hybridized carbons (Fsp3) is 0.286. The number of fused-ring (bicyclic) bond motifs is 1. The highest BCUT2D eigenvalue weighted by atomic mass is 16.7. The number of phenolic OH excluding ortho intramolecular Hbond substituents is 4. The summed E-state index contributed by atoms with van der Waals surface area (Å²) in [5.74, 6) is -2.93. The number of ether oxygens (including phenoxy) is 2. The molecule has 32 heavy (non-hydrogen) atoms. The van der Waals surface area contributed by atoms with E-state index in [9.17, 15) is 40.5 Å². The van der Waals surface area contributed by atoms with Crippen LogP contribution >= 0.6 is 0 Å². The minimum absolute atomic E-state index is 0.0186. The van der Waals surface area contributed by atoms with Crippen molar-refractivity contribution in [3.05, 3.63) is 40.6 Å². The zero-order valence-electron chi connectivity index (χ0n) is 16.5. The van der Waals surface area contributed by atoms with Crippen molar-refractivity contribution in [3.8, 4) is 40.1 Å². The molecular weight excluding hydrogens is 428 g/mol. The molecule has 0 saturated carbocycles. The first-order valence-electron chi connectivity index (χ1n) is 9.50. The maximum atomic E-state index is 12.9. The van der Waals surface area contributed by atoms with Crippen molar-refractivity contribution < 1.29 is 49.6 Å². The second-order valence-corrected chi connectivity index (χ2v) is 7.42. The van der Waals surface area contributed by atoms with Crippen LogP contribution in [0.4, 0.5) is 0 Å². The zero-order chi connectivity index (χ0) is 23.3. The van der Waals surface area contributed by atoms with Crippen LogP contribution in [0.1, 0.15) is 6.92 Å². The lowest BCUT2D eigenvalue weighted by molar-refractivity contribution is -0.268. The molecule has 1 fully saturated rings. The van der Waals surface area contributed by atoms with Crippen molar-refractivity contribution in [1.82, 2.24) is 0 Å². The van der Waals surface area contributed by atoms with E-state index in [0.717, 1.165) is 18.2 Å². The number of aliphatic hydroxyl groups is 3. The summed E-state index contributed by atoms with van der Waals surface area (Å²) in [6, 6.07) is 5.76. The molecule has 7 N–H and O–H groups in total. The van der Waals surface area contributed by atoms with E-state index in [1.807, 2.05) is 0 Å². The number of benzene rings is 2. The molecule has 4 rings (SSSR count). The van der Waals surface area contributed by atoms with Crippen molar-refractivity contribution in [2.24, 2.45) is 0 Å². The van der Waals surface area contributed by atoms with Gasteiger partial charge >= 0.3 is 0 Å². The predicted molar refractivity (Wildman–Crippen MR) is 108 cm³/mol. The Morgan fingerprint density at radius 3 is 2.28 bits per heavy atom. The third kappa shape index (κ3) is 3.56. The number of hydrogen-bond donors (Lipinski definition) is 7. The number of phenols is 4. The molecule has 0 bridgehead atoms. The minimum Gasteiger partial charge on any atom is -0.504 e. The first kappa shape index (κ1) is 21.7. The molecule has 1 aromatic heterocycles. The van der Waals surface area contributed by atoms with Gasteiger partial charge in [-0.25, -0.2) is 0 Å². The van der Waals surface area contributed by atoms with Gasteiger partial charge in [-0.2, -0.15) is 0 Å². The molecule has 3 aromatic rings. The Morgan fingerprint density at radius 1 is 0.875 bits per heavy atom. The van der Waals surface area contributed by atoms with Crippen LogP contribution in [0.3, 0.4) is 0 Å². The fourth-order valence-corrected chi connectivity index (χ4v) is 3.42. The van der Waals surface area contributed by atoms with Crippen LogP contribution in [0, 0.1) is 0 Å². The second kappa shape index (κ2) is 7.88. The minimum atomic E-state index is -1.73. The molecule has 5 atom stereocenters. The Kier molecular flexibility index (Phi) is 5.34. The first-order chi connectivity index (χ1) is 15.1. The van der Waals surface area contributed by atoms with Gasteiger partial charge in [0, 0.05) is 17.7 Å². The lowest BCUT2D eigenvalue weighted by atomic mass is 10.00. The van der Waals surface area contributed by atoms with Crippen LogP contribution in [0.15, 0.2) is 39.5 Å². The number of hydrogen-bond acceptors (Lipinski definition) is 11. The Labute approximate surface area is 179 Å². The normalized spacial score (nSPS) is 25.7. The molecule has 170 valence electrons. The molecule has 2 heterocycles. The summed E-state index contributed by atoms with van der Waals surface area (Å²) in [4.78, 5) is 12.9. The van der Waals surface area contributed by atoms with Crippen LogP contribution in [0.2, 0.25) is 0 Å². The van der Waals surface area contributed by atoms with Crippen LogP contribution in [0.25, 0.3) is 22.3 Å². The van der Waals surface area contributed by atoms with Gasteiger partial charge in [0.2, 0.25) is 12.0 Å². The van der Waals surface area contributed by atoms with E-state index in [-0.39, 0.29) is 28.0 Å². The van der Waals surface area contributed by atoms with E-state index in [1.165, 1.54) is 19.1 Å². The Bertz CT molecular complexity index is 1230. The third-order valence-electron chi connectivity index (χ3n) is 5.23.